The van der Waals surface area contributed by atoms with Crippen LogP contribution in [0, 0.1) is 0 Å². The third kappa shape index (κ3) is 3.43. The first-order valence-corrected chi connectivity index (χ1v) is 9.26. The van der Waals surface area contributed by atoms with E-state index < -0.39 is 0 Å². The Morgan fingerprint density at radius 2 is 1.88 bits per heavy atom. The largest absolute Gasteiger partial charge is 0.469 e. The normalized spacial score (nSPS) is 14.5. The van der Waals surface area contributed by atoms with Crippen LogP contribution in [0.4, 0.5) is 5.82 Å². The first-order valence-electron chi connectivity index (χ1n) is 9.26. The van der Waals surface area contributed by atoms with Crippen LogP contribution >= 0.6 is 0 Å². The number of nitrogens with one attached hydrogen (secondary N) is 1. The van der Waals surface area contributed by atoms with Crippen molar-refractivity contribution in [3.63, 3.8) is 0 Å². The van der Waals surface area contributed by atoms with E-state index in [-0.39, 0.29) is 5.91 Å². The van der Waals surface area contributed by atoms with Crippen LogP contribution in [0.5, 0.6) is 0 Å². The average Bonchev–Trinajstić information content (AvgIpc) is 3.21. The Labute approximate surface area is 153 Å². The number of amides is 1. The number of aromatic nitrogens is 1. The number of furan rings is 1. The van der Waals surface area contributed by atoms with Gasteiger partial charge in [0.15, 0.2) is 0 Å². The summed E-state index contributed by atoms with van der Waals surface area (Å²) in [6.45, 7) is 2.60. The Morgan fingerprint density at radius 3 is 2.65 bits per heavy atom. The van der Waals surface area contributed by atoms with Crippen LogP contribution in [0.25, 0.3) is 10.8 Å². The lowest BCUT2D eigenvalue weighted by molar-refractivity contribution is 0.0955. The molecule has 1 fully saturated rings. The third-order valence-corrected chi connectivity index (χ3v) is 4.91. The predicted octanol–water partition coefficient (Wildman–Crippen LogP) is 3.79. The molecule has 5 nitrogen and oxygen atoms in total. The summed E-state index contributed by atoms with van der Waals surface area (Å²) < 4.78 is 5.30. The van der Waals surface area contributed by atoms with Gasteiger partial charge >= 0.3 is 0 Å². The van der Waals surface area contributed by atoms with Gasteiger partial charge in [-0.2, -0.15) is 0 Å². The van der Waals surface area contributed by atoms with Crippen LogP contribution < -0.4 is 10.2 Å². The molecule has 0 unspecified atom stereocenters. The van der Waals surface area contributed by atoms with Gasteiger partial charge in [-0.05, 0) is 36.8 Å². The molecule has 0 atom stereocenters. The molecule has 1 aliphatic rings. The Bertz CT molecular complexity index is 883. The van der Waals surface area contributed by atoms with E-state index in [0.717, 1.165) is 35.4 Å². The molecule has 134 valence electrons. The molecular weight excluding hydrogens is 326 g/mol. The number of piperidine rings is 1. The molecule has 3 heterocycles. The summed E-state index contributed by atoms with van der Waals surface area (Å²) in [5.41, 5.74) is 0.626. The summed E-state index contributed by atoms with van der Waals surface area (Å²) >= 11 is 0. The van der Waals surface area contributed by atoms with E-state index in [1.165, 1.54) is 19.3 Å². The number of fused-ring (bicyclic) bond motifs is 1. The first kappa shape index (κ1) is 16.6. The highest BCUT2D eigenvalue weighted by Crippen LogP contribution is 2.29. The van der Waals surface area contributed by atoms with Crippen molar-refractivity contribution in [2.24, 2.45) is 0 Å². The summed E-state index contributed by atoms with van der Waals surface area (Å²) in [6.07, 6.45) is 7.72. The molecule has 1 aromatic carbocycles. The highest BCUT2D eigenvalue weighted by molar-refractivity contribution is 6.09. The highest BCUT2D eigenvalue weighted by Gasteiger charge is 2.18. The maximum atomic E-state index is 12.7. The van der Waals surface area contributed by atoms with Gasteiger partial charge in [0.2, 0.25) is 0 Å². The van der Waals surface area contributed by atoms with Crippen molar-refractivity contribution < 1.29 is 9.21 Å². The second kappa shape index (κ2) is 7.60. The van der Waals surface area contributed by atoms with E-state index in [1.807, 2.05) is 30.3 Å². The van der Waals surface area contributed by atoms with Crippen molar-refractivity contribution in [2.45, 2.75) is 25.7 Å². The quantitative estimate of drug-likeness (QED) is 0.761. The fourth-order valence-corrected chi connectivity index (χ4v) is 3.57. The lowest BCUT2D eigenvalue weighted by atomic mass is 10.0. The summed E-state index contributed by atoms with van der Waals surface area (Å²) in [5.74, 6) is 1.77. The molecule has 0 radical (unpaired) electrons. The number of pyridine rings is 1. The lowest BCUT2D eigenvalue weighted by Crippen LogP contribution is -2.31. The molecule has 1 N–H and O–H groups in total. The SMILES string of the molecule is O=C(NCCc1ccco1)c1cnc(N2CCCCC2)c2ccccc12. The minimum atomic E-state index is -0.0922. The van der Waals surface area contributed by atoms with Gasteiger partial charge in [-0.3, -0.25) is 4.79 Å². The molecule has 0 aliphatic carbocycles. The Balaban J connectivity index is 1.56. The second-order valence-corrected chi connectivity index (χ2v) is 6.67. The summed E-state index contributed by atoms with van der Waals surface area (Å²) in [5, 5.41) is 4.98. The van der Waals surface area contributed by atoms with E-state index in [0.29, 0.717) is 18.5 Å². The van der Waals surface area contributed by atoms with Crippen LogP contribution in [0.15, 0.2) is 53.3 Å². The topological polar surface area (TPSA) is 58.4 Å². The van der Waals surface area contributed by atoms with E-state index in [9.17, 15) is 4.79 Å². The number of hydrogen-bond donors (Lipinski definition) is 1. The smallest absolute Gasteiger partial charge is 0.253 e. The molecule has 4 rings (SSSR count). The lowest BCUT2D eigenvalue weighted by Gasteiger charge is -2.29. The molecule has 1 aliphatic heterocycles. The molecular formula is C21H23N3O2. The van der Waals surface area contributed by atoms with E-state index in [4.69, 9.17) is 4.42 Å². The van der Waals surface area contributed by atoms with Gasteiger partial charge in [0, 0.05) is 37.6 Å². The molecule has 1 amide bonds. The molecule has 3 aromatic rings. The maximum Gasteiger partial charge on any atom is 0.253 e. The third-order valence-electron chi connectivity index (χ3n) is 4.91. The standard InChI is InChI=1S/C21H23N3O2/c25-21(22-11-10-16-7-6-14-26-16)19-15-23-20(24-12-4-1-5-13-24)18-9-3-2-8-17(18)19/h2-3,6-9,14-15H,1,4-5,10-13H2,(H,22,25). The molecule has 2 aromatic heterocycles. The van der Waals surface area contributed by atoms with E-state index in [1.54, 1.807) is 12.5 Å². The predicted molar refractivity (Wildman–Crippen MR) is 103 cm³/mol. The average molecular weight is 349 g/mol. The summed E-state index contributed by atoms with van der Waals surface area (Å²) in [7, 11) is 0. The first-order chi connectivity index (χ1) is 12.8. The Hall–Kier alpha value is -2.82. The zero-order chi connectivity index (χ0) is 17.8. The number of rotatable bonds is 5. The van der Waals surface area contributed by atoms with Crippen LogP contribution in [-0.2, 0) is 6.42 Å². The van der Waals surface area contributed by atoms with Gasteiger partial charge in [-0.1, -0.05) is 24.3 Å². The highest BCUT2D eigenvalue weighted by atomic mass is 16.3. The van der Waals surface area contributed by atoms with E-state index >= 15 is 0 Å². The minimum Gasteiger partial charge on any atom is -0.469 e. The van der Waals surface area contributed by atoms with Gasteiger partial charge in [-0.15, -0.1) is 0 Å². The van der Waals surface area contributed by atoms with Crippen LogP contribution in [-0.4, -0.2) is 30.5 Å². The van der Waals surface area contributed by atoms with Gasteiger partial charge in [-0.25, -0.2) is 4.98 Å². The number of benzene rings is 1. The number of carbonyl (C=O) groups is 1. The maximum absolute atomic E-state index is 12.7. The fraction of sp³-hybridized carbons (Fsp3) is 0.333. The van der Waals surface area contributed by atoms with E-state index in [2.05, 4.69) is 21.3 Å². The van der Waals surface area contributed by atoms with Crippen molar-refractivity contribution >= 4 is 22.5 Å². The second-order valence-electron chi connectivity index (χ2n) is 6.67. The molecule has 26 heavy (non-hydrogen) atoms. The fourth-order valence-electron chi connectivity index (χ4n) is 3.57. The molecule has 1 saturated heterocycles. The minimum absolute atomic E-state index is 0.0922. The summed E-state index contributed by atoms with van der Waals surface area (Å²) in [4.78, 5) is 19.7. The zero-order valence-electron chi connectivity index (χ0n) is 14.8. The number of carbonyl (C=O) groups excluding carboxylic acids is 1. The summed E-state index contributed by atoms with van der Waals surface area (Å²) in [6, 6.07) is 11.8. The Kier molecular flexibility index (Phi) is 4.86. The van der Waals surface area contributed by atoms with Crippen molar-refractivity contribution in [2.75, 3.05) is 24.5 Å². The monoisotopic (exact) mass is 349 g/mol. The van der Waals surface area contributed by atoms with Gasteiger partial charge < -0.3 is 14.6 Å². The van der Waals surface area contributed by atoms with Crippen molar-refractivity contribution in [3.8, 4) is 0 Å². The Morgan fingerprint density at radius 1 is 1.08 bits per heavy atom. The molecule has 0 saturated carbocycles. The zero-order valence-corrected chi connectivity index (χ0v) is 14.8. The van der Waals surface area contributed by atoms with Gasteiger partial charge in [0.25, 0.3) is 5.91 Å². The molecule has 0 bridgehead atoms. The van der Waals surface area contributed by atoms with Crippen LogP contribution in [0.3, 0.4) is 0 Å². The van der Waals surface area contributed by atoms with Crippen LogP contribution in [0.1, 0.15) is 35.4 Å². The number of nitrogens with zero attached hydrogens (tertiary/aromatic N) is 2. The molecule has 5 heteroatoms. The van der Waals surface area contributed by atoms with Crippen molar-refractivity contribution in [1.82, 2.24) is 10.3 Å². The van der Waals surface area contributed by atoms with Crippen molar-refractivity contribution in [3.05, 3.63) is 60.2 Å². The molecule has 0 spiro atoms. The number of hydrogen-bond acceptors (Lipinski definition) is 4. The van der Waals surface area contributed by atoms with Crippen molar-refractivity contribution in [1.29, 1.82) is 0 Å². The van der Waals surface area contributed by atoms with Gasteiger partial charge in [0.1, 0.15) is 11.6 Å². The van der Waals surface area contributed by atoms with Crippen LogP contribution in [0.2, 0.25) is 0 Å². The number of anilines is 1. The van der Waals surface area contributed by atoms with Gasteiger partial charge in [0.05, 0.1) is 11.8 Å².